The number of para-hydroxylation sites is 2. The monoisotopic (exact) mass is 503 g/mol. The number of carbonyl (C=O) groups is 3. The van der Waals surface area contributed by atoms with Crippen LogP contribution in [0.1, 0.15) is 10.4 Å². The summed E-state index contributed by atoms with van der Waals surface area (Å²) < 4.78 is 21.1. The predicted octanol–water partition coefficient (Wildman–Crippen LogP) is 4.28. The van der Waals surface area contributed by atoms with Gasteiger partial charge in [0.05, 0.1) is 37.0 Å². The molecule has 4 rings (SSSR count). The SMILES string of the molecule is COC(=O)c1cc(OCC(=O)N2CC(C(=O)OC)Oc3ccccc32)c2c(Cl)cc(Cl)cc2c1. The summed E-state index contributed by atoms with van der Waals surface area (Å²) in [5, 5.41) is 1.70. The molecule has 0 aromatic heterocycles. The Morgan fingerprint density at radius 1 is 1.06 bits per heavy atom. The van der Waals surface area contributed by atoms with E-state index in [-0.39, 0.29) is 17.9 Å². The van der Waals surface area contributed by atoms with E-state index in [1.807, 2.05) is 0 Å². The maximum Gasteiger partial charge on any atom is 0.348 e. The van der Waals surface area contributed by atoms with E-state index in [2.05, 4.69) is 0 Å². The van der Waals surface area contributed by atoms with Crippen molar-refractivity contribution in [3.8, 4) is 11.5 Å². The number of nitrogens with zero attached hydrogens (tertiary/aromatic N) is 1. The standard InChI is InChI=1S/C24H19Cl2NO7/c1-31-23(29)14-7-13-8-15(25)10-16(26)22(13)19(9-14)33-12-21(28)27-11-20(24(30)32-2)34-18-6-4-3-5-17(18)27/h3-10,20H,11-12H2,1-2H3. The highest BCUT2D eigenvalue weighted by atomic mass is 35.5. The van der Waals surface area contributed by atoms with E-state index < -0.39 is 30.6 Å². The van der Waals surface area contributed by atoms with Gasteiger partial charge in [-0.15, -0.1) is 0 Å². The Balaban J connectivity index is 1.65. The molecule has 34 heavy (non-hydrogen) atoms. The molecule has 1 heterocycles. The predicted molar refractivity (Wildman–Crippen MR) is 126 cm³/mol. The molecule has 0 N–H and O–H groups in total. The average Bonchev–Trinajstić information content (AvgIpc) is 2.84. The van der Waals surface area contributed by atoms with Crippen LogP contribution in [-0.2, 0) is 19.1 Å². The van der Waals surface area contributed by atoms with Crippen molar-refractivity contribution in [2.24, 2.45) is 0 Å². The number of hydrogen-bond donors (Lipinski definition) is 0. The maximum absolute atomic E-state index is 13.2. The number of hydrogen-bond acceptors (Lipinski definition) is 7. The Bertz CT molecular complexity index is 1290. The fourth-order valence-electron chi connectivity index (χ4n) is 3.68. The molecule has 0 saturated heterocycles. The van der Waals surface area contributed by atoms with Gasteiger partial charge in [0.2, 0.25) is 6.10 Å². The van der Waals surface area contributed by atoms with E-state index in [1.54, 1.807) is 36.4 Å². The van der Waals surface area contributed by atoms with Gasteiger partial charge < -0.3 is 23.8 Å². The lowest BCUT2D eigenvalue weighted by Gasteiger charge is -2.33. The fraction of sp³-hybridized carbons (Fsp3) is 0.208. The van der Waals surface area contributed by atoms with Crippen molar-refractivity contribution in [2.75, 3.05) is 32.3 Å². The van der Waals surface area contributed by atoms with E-state index in [0.29, 0.717) is 32.3 Å². The minimum atomic E-state index is -0.982. The molecule has 0 aliphatic carbocycles. The van der Waals surface area contributed by atoms with Crippen molar-refractivity contribution >= 4 is 57.5 Å². The summed E-state index contributed by atoms with van der Waals surface area (Å²) in [5.41, 5.74) is 0.701. The van der Waals surface area contributed by atoms with Crippen LogP contribution in [0.4, 0.5) is 5.69 Å². The van der Waals surface area contributed by atoms with E-state index in [9.17, 15) is 14.4 Å². The zero-order valence-corrected chi connectivity index (χ0v) is 19.7. The quantitative estimate of drug-likeness (QED) is 0.479. The molecule has 0 fully saturated rings. The highest BCUT2D eigenvalue weighted by molar-refractivity contribution is 6.39. The van der Waals surface area contributed by atoms with Gasteiger partial charge in [-0.25, -0.2) is 9.59 Å². The van der Waals surface area contributed by atoms with Crippen LogP contribution in [-0.4, -0.2) is 51.3 Å². The number of anilines is 1. The van der Waals surface area contributed by atoms with Crippen molar-refractivity contribution < 1.29 is 33.3 Å². The molecule has 0 radical (unpaired) electrons. The first kappa shape index (κ1) is 23.7. The number of carbonyl (C=O) groups excluding carboxylic acids is 3. The molecule has 3 aromatic rings. The van der Waals surface area contributed by atoms with Crippen LogP contribution in [0.3, 0.4) is 0 Å². The Hall–Kier alpha value is -3.49. The summed E-state index contributed by atoms with van der Waals surface area (Å²) in [6, 6.07) is 13.0. The summed E-state index contributed by atoms with van der Waals surface area (Å²) in [4.78, 5) is 38.8. The molecule has 3 aromatic carbocycles. The Labute approximate surface area is 204 Å². The van der Waals surface area contributed by atoms with E-state index in [0.717, 1.165) is 0 Å². The molecular formula is C24H19Cl2NO7. The Kier molecular flexibility index (Phi) is 6.81. The average molecular weight is 504 g/mol. The normalized spacial score (nSPS) is 14.7. The molecule has 10 heteroatoms. The largest absolute Gasteiger partial charge is 0.483 e. The van der Waals surface area contributed by atoms with Gasteiger partial charge >= 0.3 is 11.9 Å². The second-order valence-electron chi connectivity index (χ2n) is 7.34. The smallest absolute Gasteiger partial charge is 0.348 e. The number of esters is 2. The van der Waals surface area contributed by atoms with Gasteiger partial charge in [-0.05, 0) is 41.8 Å². The highest BCUT2D eigenvalue weighted by Gasteiger charge is 2.34. The van der Waals surface area contributed by atoms with Gasteiger partial charge in [0.25, 0.3) is 5.91 Å². The van der Waals surface area contributed by atoms with Crippen molar-refractivity contribution in [1.29, 1.82) is 0 Å². The number of halogens is 2. The third-order valence-corrected chi connectivity index (χ3v) is 5.76. The van der Waals surface area contributed by atoms with Gasteiger partial charge in [0.1, 0.15) is 11.5 Å². The van der Waals surface area contributed by atoms with Gasteiger partial charge in [0.15, 0.2) is 6.61 Å². The van der Waals surface area contributed by atoms with E-state index in [4.69, 9.17) is 42.1 Å². The molecule has 0 bridgehead atoms. The highest BCUT2D eigenvalue weighted by Crippen LogP contribution is 2.37. The van der Waals surface area contributed by atoms with Crippen LogP contribution in [0.2, 0.25) is 10.0 Å². The van der Waals surface area contributed by atoms with Gasteiger partial charge in [-0.3, -0.25) is 4.79 Å². The lowest BCUT2D eigenvalue weighted by atomic mass is 10.1. The van der Waals surface area contributed by atoms with E-state index >= 15 is 0 Å². The van der Waals surface area contributed by atoms with Crippen LogP contribution in [0.5, 0.6) is 11.5 Å². The van der Waals surface area contributed by atoms with Gasteiger partial charge in [0, 0.05) is 10.4 Å². The number of rotatable bonds is 5. The van der Waals surface area contributed by atoms with Crippen molar-refractivity contribution in [1.82, 2.24) is 0 Å². The van der Waals surface area contributed by atoms with Gasteiger partial charge in [-0.2, -0.15) is 0 Å². The van der Waals surface area contributed by atoms with E-state index in [1.165, 1.54) is 31.3 Å². The van der Waals surface area contributed by atoms with Crippen LogP contribution < -0.4 is 14.4 Å². The minimum absolute atomic E-state index is 0.0504. The fourth-order valence-corrected chi connectivity index (χ4v) is 4.28. The zero-order valence-electron chi connectivity index (χ0n) is 18.2. The second-order valence-corrected chi connectivity index (χ2v) is 8.19. The summed E-state index contributed by atoms with van der Waals surface area (Å²) in [6.07, 6.45) is -0.982. The topological polar surface area (TPSA) is 91.4 Å². The first-order valence-corrected chi connectivity index (χ1v) is 10.9. The lowest BCUT2D eigenvalue weighted by molar-refractivity contribution is -0.148. The first-order valence-electron chi connectivity index (χ1n) is 10.1. The number of benzene rings is 3. The summed E-state index contributed by atoms with van der Waals surface area (Å²) in [6.45, 7) is -0.452. The van der Waals surface area contributed by atoms with Crippen molar-refractivity contribution in [2.45, 2.75) is 6.10 Å². The molecule has 1 atom stereocenters. The second kappa shape index (κ2) is 9.79. The Morgan fingerprint density at radius 2 is 1.82 bits per heavy atom. The molecule has 1 aliphatic rings. The molecule has 0 spiro atoms. The number of fused-ring (bicyclic) bond motifs is 2. The lowest BCUT2D eigenvalue weighted by Crippen LogP contribution is -2.48. The molecular weight excluding hydrogens is 485 g/mol. The number of ether oxygens (including phenoxy) is 4. The van der Waals surface area contributed by atoms with Crippen molar-refractivity contribution in [3.05, 3.63) is 64.1 Å². The summed E-state index contributed by atoms with van der Waals surface area (Å²) in [7, 11) is 2.51. The van der Waals surface area contributed by atoms with Crippen LogP contribution in [0.25, 0.3) is 10.8 Å². The van der Waals surface area contributed by atoms with Crippen molar-refractivity contribution in [3.63, 3.8) is 0 Å². The zero-order chi connectivity index (χ0) is 24.4. The van der Waals surface area contributed by atoms with Gasteiger partial charge in [-0.1, -0.05) is 35.3 Å². The Morgan fingerprint density at radius 3 is 2.56 bits per heavy atom. The molecule has 1 unspecified atom stereocenters. The molecule has 176 valence electrons. The third kappa shape index (κ3) is 4.60. The van der Waals surface area contributed by atoms with Crippen LogP contribution in [0, 0.1) is 0 Å². The number of methoxy groups -OCH3 is 2. The first-order chi connectivity index (χ1) is 16.3. The minimum Gasteiger partial charge on any atom is -0.483 e. The maximum atomic E-state index is 13.2. The third-order valence-electron chi connectivity index (χ3n) is 5.24. The molecule has 0 saturated carbocycles. The van der Waals surface area contributed by atoms with Crippen LogP contribution in [0.15, 0.2) is 48.5 Å². The summed E-state index contributed by atoms with van der Waals surface area (Å²) in [5.74, 6) is -1.05. The molecule has 1 aliphatic heterocycles. The summed E-state index contributed by atoms with van der Waals surface area (Å²) >= 11 is 12.5. The molecule has 1 amide bonds. The molecule has 8 nitrogen and oxygen atoms in total. The van der Waals surface area contributed by atoms with Crippen LogP contribution >= 0.6 is 23.2 Å². The number of amides is 1.